The molecule has 1 atom stereocenters. The minimum atomic E-state index is -1.01. The fourth-order valence-corrected chi connectivity index (χ4v) is 1.78. The normalized spacial score (nSPS) is 13.0. The summed E-state index contributed by atoms with van der Waals surface area (Å²) < 4.78 is 0.665. The maximum atomic E-state index is 12.1. The van der Waals surface area contributed by atoms with Crippen LogP contribution in [0.15, 0.2) is 12.5 Å². The highest BCUT2D eigenvalue weighted by Crippen LogP contribution is 2.08. The third-order valence-electron chi connectivity index (χ3n) is 3.11. The summed E-state index contributed by atoms with van der Waals surface area (Å²) in [6.07, 6.45) is 3.61. The van der Waals surface area contributed by atoms with Gasteiger partial charge in [0.25, 0.3) is 0 Å². The van der Waals surface area contributed by atoms with Crippen molar-refractivity contribution in [2.75, 3.05) is 34.7 Å². The van der Waals surface area contributed by atoms with Crippen LogP contribution in [0.2, 0.25) is 0 Å². The Morgan fingerprint density at radius 2 is 2.10 bits per heavy atom. The first-order valence-corrected chi connectivity index (χ1v) is 6.47. The van der Waals surface area contributed by atoms with Crippen molar-refractivity contribution >= 4 is 11.9 Å². The molecule has 0 aliphatic heterocycles. The second-order valence-electron chi connectivity index (χ2n) is 5.90. The van der Waals surface area contributed by atoms with Gasteiger partial charge in [-0.15, -0.1) is 0 Å². The lowest BCUT2D eigenvalue weighted by atomic mass is 10.1. The largest absolute Gasteiger partial charge is 0.480 e. The lowest BCUT2D eigenvalue weighted by molar-refractivity contribution is -0.869. The van der Waals surface area contributed by atoms with E-state index in [1.807, 2.05) is 21.1 Å². The van der Waals surface area contributed by atoms with Crippen LogP contribution in [0.5, 0.6) is 0 Å². The van der Waals surface area contributed by atoms with Crippen molar-refractivity contribution in [1.29, 1.82) is 0 Å². The molecule has 1 aromatic heterocycles. The van der Waals surface area contributed by atoms with Crippen LogP contribution in [0.1, 0.15) is 12.1 Å². The predicted molar refractivity (Wildman–Crippen MR) is 74.0 cm³/mol. The molecule has 0 spiro atoms. The summed E-state index contributed by atoms with van der Waals surface area (Å²) in [6.45, 7) is 0.666. The van der Waals surface area contributed by atoms with E-state index in [4.69, 9.17) is 0 Å². The van der Waals surface area contributed by atoms with Crippen LogP contribution in [-0.4, -0.2) is 77.1 Å². The van der Waals surface area contributed by atoms with Crippen LogP contribution >= 0.6 is 0 Å². The standard InChI is InChI=1S/C13H22N4O3/c1-16(12(18)5-6-17(2,3)4)11(13(19)20)7-10-8-14-9-15-10/h8-9,11H,5-7H2,1-4H3,(H-,14,15,19,20)/p+1. The van der Waals surface area contributed by atoms with Crippen molar-refractivity contribution in [1.82, 2.24) is 14.9 Å². The summed E-state index contributed by atoms with van der Waals surface area (Å²) in [4.78, 5) is 31.4. The van der Waals surface area contributed by atoms with Gasteiger partial charge in [0.05, 0.1) is 40.4 Å². The molecule has 1 rings (SSSR count). The van der Waals surface area contributed by atoms with Crippen LogP contribution in [-0.2, 0) is 16.0 Å². The number of carboxylic acid groups (broad SMARTS) is 1. The Morgan fingerprint density at radius 1 is 1.45 bits per heavy atom. The summed E-state index contributed by atoms with van der Waals surface area (Å²) in [5, 5.41) is 9.29. The molecule has 1 amide bonds. The number of aromatic nitrogens is 2. The van der Waals surface area contributed by atoms with Gasteiger partial charge in [-0.3, -0.25) is 4.79 Å². The molecule has 7 nitrogen and oxygen atoms in total. The van der Waals surface area contributed by atoms with Gasteiger partial charge in [0, 0.05) is 25.4 Å². The summed E-state index contributed by atoms with van der Waals surface area (Å²) in [5.41, 5.74) is 0.698. The second-order valence-corrected chi connectivity index (χ2v) is 5.90. The molecule has 0 saturated heterocycles. The van der Waals surface area contributed by atoms with E-state index < -0.39 is 12.0 Å². The van der Waals surface area contributed by atoms with E-state index in [0.29, 0.717) is 23.1 Å². The van der Waals surface area contributed by atoms with Gasteiger partial charge in [-0.2, -0.15) is 0 Å². The number of amides is 1. The number of aromatic amines is 1. The fourth-order valence-electron chi connectivity index (χ4n) is 1.78. The maximum Gasteiger partial charge on any atom is 0.326 e. The minimum absolute atomic E-state index is 0.162. The molecule has 2 N–H and O–H groups in total. The number of imidazole rings is 1. The number of carboxylic acids is 1. The minimum Gasteiger partial charge on any atom is -0.480 e. The number of carbonyl (C=O) groups excluding carboxylic acids is 1. The lowest BCUT2D eigenvalue weighted by Gasteiger charge is -2.27. The zero-order chi connectivity index (χ0) is 15.3. The SMILES string of the molecule is CN(C(=O)CC[N+](C)(C)C)C(Cc1cnc[nH]1)C(=O)O. The summed E-state index contributed by atoms with van der Waals surface area (Å²) >= 11 is 0. The second kappa shape index (κ2) is 6.51. The highest BCUT2D eigenvalue weighted by Gasteiger charge is 2.27. The Labute approximate surface area is 118 Å². The zero-order valence-corrected chi connectivity index (χ0v) is 12.5. The van der Waals surface area contributed by atoms with E-state index in [-0.39, 0.29) is 12.3 Å². The van der Waals surface area contributed by atoms with Gasteiger partial charge in [0.1, 0.15) is 6.04 Å². The monoisotopic (exact) mass is 283 g/mol. The van der Waals surface area contributed by atoms with Gasteiger partial charge < -0.3 is 19.5 Å². The van der Waals surface area contributed by atoms with E-state index >= 15 is 0 Å². The van der Waals surface area contributed by atoms with Crippen molar-refractivity contribution in [3.8, 4) is 0 Å². The molecule has 0 aliphatic rings. The van der Waals surface area contributed by atoms with E-state index in [2.05, 4.69) is 9.97 Å². The Kier molecular flexibility index (Phi) is 5.26. The Balaban J connectivity index is 2.66. The number of likely N-dealkylation sites (N-methyl/N-ethyl adjacent to an activating group) is 1. The van der Waals surface area contributed by atoms with E-state index in [1.54, 1.807) is 6.20 Å². The van der Waals surface area contributed by atoms with Crippen LogP contribution in [0, 0.1) is 0 Å². The molecule has 0 radical (unpaired) electrons. The topological polar surface area (TPSA) is 86.3 Å². The number of H-pyrrole nitrogens is 1. The molecule has 1 heterocycles. The van der Waals surface area contributed by atoms with Crippen LogP contribution < -0.4 is 0 Å². The molecule has 7 heteroatoms. The molecular weight excluding hydrogens is 260 g/mol. The highest BCUT2D eigenvalue weighted by molar-refractivity contribution is 5.83. The van der Waals surface area contributed by atoms with Crippen molar-refractivity contribution < 1.29 is 19.2 Å². The van der Waals surface area contributed by atoms with Gasteiger partial charge in [0.2, 0.25) is 5.91 Å². The molecule has 0 fully saturated rings. The van der Waals surface area contributed by atoms with Crippen molar-refractivity contribution in [3.63, 3.8) is 0 Å². The molecular formula is C13H23N4O3+. The first-order valence-electron chi connectivity index (χ1n) is 6.47. The number of aliphatic carboxylic acids is 1. The molecule has 0 saturated carbocycles. The molecule has 1 aromatic rings. The van der Waals surface area contributed by atoms with Crippen LogP contribution in [0.4, 0.5) is 0 Å². The highest BCUT2D eigenvalue weighted by atomic mass is 16.4. The molecule has 0 aromatic carbocycles. The quantitative estimate of drug-likeness (QED) is 0.688. The fraction of sp³-hybridized carbons (Fsp3) is 0.615. The van der Waals surface area contributed by atoms with E-state index in [0.717, 1.165) is 0 Å². The number of nitrogens with zero attached hydrogens (tertiary/aromatic N) is 3. The zero-order valence-electron chi connectivity index (χ0n) is 12.5. The van der Waals surface area contributed by atoms with Crippen molar-refractivity contribution in [2.45, 2.75) is 18.9 Å². The van der Waals surface area contributed by atoms with Crippen LogP contribution in [0.3, 0.4) is 0 Å². The molecule has 112 valence electrons. The van der Waals surface area contributed by atoms with E-state index in [1.165, 1.54) is 18.3 Å². The first-order chi connectivity index (χ1) is 9.20. The van der Waals surface area contributed by atoms with Gasteiger partial charge in [-0.25, -0.2) is 9.78 Å². The van der Waals surface area contributed by atoms with Gasteiger partial charge >= 0.3 is 5.97 Å². The van der Waals surface area contributed by atoms with Gasteiger partial charge in [-0.05, 0) is 0 Å². The van der Waals surface area contributed by atoms with E-state index in [9.17, 15) is 14.7 Å². The van der Waals surface area contributed by atoms with Crippen molar-refractivity contribution in [2.24, 2.45) is 0 Å². The lowest BCUT2D eigenvalue weighted by Crippen LogP contribution is -2.46. The Bertz CT molecular complexity index is 451. The third-order valence-corrected chi connectivity index (χ3v) is 3.11. The number of carbonyl (C=O) groups is 2. The predicted octanol–water partition coefficient (Wildman–Crippen LogP) is -0.0399. The Hall–Kier alpha value is -1.89. The van der Waals surface area contributed by atoms with Crippen molar-refractivity contribution in [3.05, 3.63) is 18.2 Å². The van der Waals surface area contributed by atoms with Crippen LogP contribution in [0.25, 0.3) is 0 Å². The molecule has 1 unspecified atom stereocenters. The smallest absolute Gasteiger partial charge is 0.326 e. The molecule has 0 bridgehead atoms. The number of hydrogen-bond acceptors (Lipinski definition) is 3. The Morgan fingerprint density at radius 3 is 2.55 bits per heavy atom. The molecule has 0 aliphatic carbocycles. The van der Waals surface area contributed by atoms with Gasteiger partial charge in [-0.1, -0.05) is 0 Å². The number of rotatable bonds is 7. The summed E-state index contributed by atoms with van der Waals surface area (Å²) in [6, 6.07) is -0.879. The maximum absolute atomic E-state index is 12.1. The summed E-state index contributed by atoms with van der Waals surface area (Å²) in [5.74, 6) is -1.18. The number of nitrogens with one attached hydrogen (secondary N) is 1. The first kappa shape index (κ1) is 16.2. The average Bonchev–Trinajstić information content (AvgIpc) is 2.83. The third kappa shape index (κ3) is 5.00. The average molecular weight is 283 g/mol. The number of quaternary nitrogens is 1. The summed E-state index contributed by atoms with van der Waals surface area (Å²) in [7, 11) is 7.51. The number of hydrogen-bond donors (Lipinski definition) is 2. The molecule has 20 heavy (non-hydrogen) atoms. The van der Waals surface area contributed by atoms with Gasteiger partial charge in [0.15, 0.2) is 0 Å².